The molecule has 0 saturated carbocycles. The first-order chi connectivity index (χ1) is 8.24. The van der Waals surface area contributed by atoms with Crippen LogP contribution in [-0.4, -0.2) is 20.8 Å². The number of ether oxygens (including phenoxy) is 2. The van der Waals surface area contributed by atoms with Crippen LogP contribution in [-0.2, 0) is 0 Å². The third-order valence-corrected chi connectivity index (χ3v) is 3.47. The molecule has 0 aliphatic carbocycles. The summed E-state index contributed by atoms with van der Waals surface area (Å²) >= 11 is 0. The summed E-state index contributed by atoms with van der Waals surface area (Å²) in [4.78, 5) is 0. The van der Waals surface area contributed by atoms with E-state index in [0.29, 0.717) is 6.04 Å². The van der Waals surface area contributed by atoms with Crippen LogP contribution in [0.4, 0.5) is 0 Å². The van der Waals surface area contributed by atoms with Gasteiger partial charge in [0, 0.05) is 6.04 Å². The summed E-state index contributed by atoms with van der Waals surface area (Å²) in [5.74, 6) is 2.39. The highest BCUT2D eigenvalue weighted by Gasteiger charge is 2.19. The Labute approximate surface area is 103 Å². The molecule has 1 heterocycles. The molecule has 0 spiro atoms. The third-order valence-electron chi connectivity index (χ3n) is 3.47. The molecule has 94 valence electrons. The minimum Gasteiger partial charge on any atom is -0.493 e. The zero-order valence-electron chi connectivity index (χ0n) is 10.8. The zero-order chi connectivity index (χ0) is 12.3. The van der Waals surface area contributed by atoms with Crippen molar-refractivity contribution in [3.05, 3.63) is 23.8 Å². The van der Waals surface area contributed by atoms with Crippen LogP contribution in [0.25, 0.3) is 0 Å². The molecule has 0 amide bonds. The second-order valence-corrected chi connectivity index (χ2v) is 4.76. The fraction of sp³-hybridized carbons (Fsp3) is 0.571. The van der Waals surface area contributed by atoms with Crippen molar-refractivity contribution in [1.82, 2.24) is 5.32 Å². The van der Waals surface area contributed by atoms with Gasteiger partial charge in [0.15, 0.2) is 11.5 Å². The summed E-state index contributed by atoms with van der Waals surface area (Å²) < 4.78 is 10.6. The summed E-state index contributed by atoms with van der Waals surface area (Å²) in [6, 6.07) is 6.63. The molecule has 3 nitrogen and oxygen atoms in total. The molecule has 1 aromatic rings. The standard InChI is InChI=1S/C14H21NO2/c1-10-4-6-12(15-9-10)11-5-7-13(16-2)14(8-11)17-3/h5,7-8,10,12,15H,4,6,9H2,1-3H3. The van der Waals surface area contributed by atoms with Gasteiger partial charge in [0.1, 0.15) is 0 Å². The fourth-order valence-corrected chi connectivity index (χ4v) is 2.35. The van der Waals surface area contributed by atoms with Gasteiger partial charge in [-0.2, -0.15) is 0 Å². The number of methoxy groups -OCH3 is 2. The van der Waals surface area contributed by atoms with Crippen LogP contribution in [0.3, 0.4) is 0 Å². The first-order valence-electron chi connectivity index (χ1n) is 6.20. The molecular formula is C14H21NO2. The van der Waals surface area contributed by atoms with Crippen molar-refractivity contribution in [2.45, 2.75) is 25.8 Å². The molecule has 17 heavy (non-hydrogen) atoms. The summed E-state index contributed by atoms with van der Waals surface area (Å²) in [6.45, 7) is 3.39. The molecule has 0 aromatic heterocycles. The van der Waals surface area contributed by atoms with E-state index in [1.807, 2.05) is 6.07 Å². The SMILES string of the molecule is COc1ccc(C2CCC(C)CN2)cc1OC. The predicted octanol–water partition coefficient (Wildman–Crippen LogP) is 2.76. The van der Waals surface area contributed by atoms with Gasteiger partial charge in [-0.1, -0.05) is 13.0 Å². The van der Waals surface area contributed by atoms with Gasteiger partial charge in [-0.15, -0.1) is 0 Å². The lowest BCUT2D eigenvalue weighted by molar-refractivity contribution is 0.328. The maximum Gasteiger partial charge on any atom is 0.161 e. The number of hydrogen-bond acceptors (Lipinski definition) is 3. The van der Waals surface area contributed by atoms with Crippen LogP contribution >= 0.6 is 0 Å². The Morgan fingerprint density at radius 3 is 2.47 bits per heavy atom. The van der Waals surface area contributed by atoms with E-state index < -0.39 is 0 Å². The molecule has 2 unspecified atom stereocenters. The second-order valence-electron chi connectivity index (χ2n) is 4.76. The molecule has 0 radical (unpaired) electrons. The van der Waals surface area contributed by atoms with Crippen LogP contribution in [0.5, 0.6) is 11.5 Å². The molecule has 1 fully saturated rings. The highest BCUT2D eigenvalue weighted by Crippen LogP contribution is 2.33. The van der Waals surface area contributed by atoms with Crippen molar-refractivity contribution in [1.29, 1.82) is 0 Å². The highest BCUT2D eigenvalue weighted by molar-refractivity contribution is 5.43. The zero-order valence-corrected chi connectivity index (χ0v) is 10.8. The maximum absolute atomic E-state index is 5.34. The Morgan fingerprint density at radius 2 is 1.88 bits per heavy atom. The van der Waals surface area contributed by atoms with Gasteiger partial charge in [0.2, 0.25) is 0 Å². The second kappa shape index (κ2) is 5.41. The van der Waals surface area contributed by atoms with E-state index in [9.17, 15) is 0 Å². The van der Waals surface area contributed by atoms with Gasteiger partial charge in [-0.25, -0.2) is 0 Å². The largest absolute Gasteiger partial charge is 0.493 e. The van der Waals surface area contributed by atoms with Crippen molar-refractivity contribution in [2.24, 2.45) is 5.92 Å². The number of benzene rings is 1. The first-order valence-corrected chi connectivity index (χ1v) is 6.20. The van der Waals surface area contributed by atoms with Gasteiger partial charge < -0.3 is 14.8 Å². The lowest BCUT2D eigenvalue weighted by Gasteiger charge is -2.28. The average molecular weight is 235 g/mol. The molecular weight excluding hydrogens is 214 g/mol. The monoisotopic (exact) mass is 235 g/mol. The first kappa shape index (κ1) is 12.2. The molecule has 3 heteroatoms. The van der Waals surface area contributed by atoms with Crippen LogP contribution in [0, 0.1) is 5.92 Å². The Bertz CT molecular complexity index is 370. The Kier molecular flexibility index (Phi) is 3.89. The summed E-state index contributed by atoms with van der Waals surface area (Å²) in [6.07, 6.45) is 2.47. The van der Waals surface area contributed by atoms with Gasteiger partial charge in [-0.3, -0.25) is 0 Å². The van der Waals surface area contributed by atoms with E-state index in [4.69, 9.17) is 9.47 Å². The minimum atomic E-state index is 0.450. The van der Waals surface area contributed by atoms with Crippen LogP contribution in [0.2, 0.25) is 0 Å². The van der Waals surface area contributed by atoms with Gasteiger partial charge in [0.25, 0.3) is 0 Å². The van der Waals surface area contributed by atoms with Crippen molar-refractivity contribution in [3.63, 3.8) is 0 Å². The van der Waals surface area contributed by atoms with Crippen molar-refractivity contribution in [2.75, 3.05) is 20.8 Å². The van der Waals surface area contributed by atoms with E-state index in [0.717, 1.165) is 24.0 Å². The summed E-state index contributed by atoms with van der Waals surface area (Å²) in [5.41, 5.74) is 1.29. The van der Waals surface area contributed by atoms with Gasteiger partial charge in [0.05, 0.1) is 14.2 Å². The van der Waals surface area contributed by atoms with Crippen molar-refractivity contribution >= 4 is 0 Å². The molecule has 0 bridgehead atoms. The molecule has 1 aliphatic heterocycles. The van der Waals surface area contributed by atoms with Crippen LogP contribution < -0.4 is 14.8 Å². The molecule has 1 N–H and O–H groups in total. The molecule has 2 atom stereocenters. The van der Waals surface area contributed by atoms with Crippen molar-refractivity contribution < 1.29 is 9.47 Å². The van der Waals surface area contributed by atoms with E-state index in [2.05, 4.69) is 24.4 Å². The number of hydrogen-bond donors (Lipinski definition) is 1. The number of rotatable bonds is 3. The Morgan fingerprint density at radius 1 is 1.12 bits per heavy atom. The van der Waals surface area contributed by atoms with E-state index in [-0.39, 0.29) is 0 Å². The maximum atomic E-state index is 5.34. The lowest BCUT2D eigenvalue weighted by atomic mass is 9.92. The van der Waals surface area contributed by atoms with E-state index in [1.165, 1.54) is 18.4 Å². The predicted molar refractivity (Wildman–Crippen MR) is 68.7 cm³/mol. The van der Waals surface area contributed by atoms with Gasteiger partial charge in [-0.05, 0) is 43.0 Å². The topological polar surface area (TPSA) is 30.5 Å². The molecule has 1 aliphatic rings. The Hall–Kier alpha value is -1.22. The van der Waals surface area contributed by atoms with E-state index in [1.54, 1.807) is 14.2 Å². The lowest BCUT2D eigenvalue weighted by Crippen LogP contribution is -2.31. The number of piperidine rings is 1. The average Bonchev–Trinajstić information content (AvgIpc) is 2.39. The van der Waals surface area contributed by atoms with Crippen molar-refractivity contribution in [3.8, 4) is 11.5 Å². The van der Waals surface area contributed by atoms with Crippen LogP contribution in [0.1, 0.15) is 31.4 Å². The highest BCUT2D eigenvalue weighted by atomic mass is 16.5. The quantitative estimate of drug-likeness (QED) is 0.874. The third kappa shape index (κ3) is 2.72. The minimum absolute atomic E-state index is 0.450. The molecule has 2 rings (SSSR count). The molecule has 1 saturated heterocycles. The smallest absolute Gasteiger partial charge is 0.161 e. The summed E-state index contributed by atoms with van der Waals surface area (Å²) in [7, 11) is 3.34. The van der Waals surface area contributed by atoms with Gasteiger partial charge >= 0.3 is 0 Å². The number of nitrogens with one attached hydrogen (secondary N) is 1. The summed E-state index contributed by atoms with van der Waals surface area (Å²) in [5, 5.41) is 3.58. The molecule has 1 aromatic carbocycles. The normalized spacial score (nSPS) is 24.4. The van der Waals surface area contributed by atoms with Crippen LogP contribution in [0.15, 0.2) is 18.2 Å². The van der Waals surface area contributed by atoms with E-state index >= 15 is 0 Å². The fourth-order valence-electron chi connectivity index (χ4n) is 2.35. The Balaban J connectivity index is 2.16.